The molecule has 21 heavy (non-hydrogen) atoms. The highest BCUT2D eigenvalue weighted by Gasteiger charge is 2.29. The summed E-state index contributed by atoms with van der Waals surface area (Å²) in [5.41, 5.74) is 6.43. The molecular weight excluding hydrogens is 288 g/mol. The van der Waals surface area contributed by atoms with Gasteiger partial charge in [0.15, 0.2) is 0 Å². The zero-order chi connectivity index (χ0) is 15.0. The largest absolute Gasteiger partial charge is 0.367 e. The van der Waals surface area contributed by atoms with Gasteiger partial charge in [0.05, 0.1) is 11.5 Å². The quantitative estimate of drug-likeness (QED) is 0.898. The number of fused-ring (bicyclic) bond motifs is 1. The highest BCUT2D eigenvalue weighted by Crippen LogP contribution is 2.29. The van der Waals surface area contributed by atoms with E-state index in [1.165, 1.54) is 5.56 Å². The number of hydrogen-bond donors (Lipinski definition) is 2. The normalized spacial score (nSPS) is 21.8. The number of rotatable bonds is 4. The molecule has 1 saturated heterocycles. The molecule has 6 nitrogen and oxygen atoms in total. The van der Waals surface area contributed by atoms with Crippen LogP contribution in [0.15, 0.2) is 5.38 Å². The fourth-order valence-electron chi connectivity index (χ4n) is 2.59. The predicted octanol–water partition coefficient (Wildman–Crippen LogP) is 1.75. The van der Waals surface area contributed by atoms with Gasteiger partial charge in [0, 0.05) is 6.54 Å². The third-order valence-electron chi connectivity index (χ3n) is 3.65. The topological polar surface area (TPSA) is 90.1 Å². The van der Waals surface area contributed by atoms with E-state index in [9.17, 15) is 4.79 Å². The van der Waals surface area contributed by atoms with E-state index in [1.54, 1.807) is 11.3 Å². The molecule has 0 aromatic carbocycles. The number of nitrogens with one attached hydrogen (secondary N) is 1. The van der Waals surface area contributed by atoms with Gasteiger partial charge in [0.25, 0.3) is 0 Å². The molecule has 0 saturated carbocycles. The Labute approximate surface area is 126 Å². The maximum Gasteiger partial charge on any atom is 0.246 e. The predicted molar refractivity (Wildman–Crippen MR) is 82.5 cm³/mol. The molecule has 1 amide bonds. The van der Waals surface area contributed by atoms with Crippen LogP contribution >= 0.6 is 11.3 Å². The Morgan fingerprint density at radius 3 is 3.00 bits per heavy atom. The van der Waals surface area contributed by atoms with Crippen molar-refractivity contribution in [3.05, 3.63) is 16.8 Å². The number of carbonyl (C=O) groups excluding carboxylic acids is 1. The fourth-order valence-corrected chi connectivity index (χ4v) is 3.56. The number of ether oxygens (including phenoxy) is 1. The summed E-state index contributed by atoms with van der Waals surface area (Å²) in [6.07, 6.45) is 1.06. The number of anilines is 1. The highest BCUT2D eigenvalue weighted by atomic mass is 32.1. The molecule has 2 aromatic rings. The van der Waals surface area contributed by atoms with Crippen LogP contribution in [0.1, 0.15) is 24.2 Å². The number of amides is 1. The Morgan fingerprint density at radius 1 is 1.48 bits per heavy atom. The van der Waals surface area contributed by atoms with E-state index in [-0.39, 0.29) is 12.0 Å². The lowest BCUT2D eigenvalue weighted by atomic mass is 10.2. The van der Waals surface area contributed by atoms with E-state index in [4.69, 9.17) is 10.5 Å². The van der Waals surface area contributed by atoms with E-state index in [0.29, 0.717) is 13.0 Å². The minimum atomic E-state index is -0.452. The number of primary amides is 1. The number of carbonyl (C=O) groups is 1. The molecule has 1 aliphatic rings. The summed E-state index contributed by atoms with van der Waals surface area (Å²) in [7, 11) is 0. The molecule has 0 bridgehead atoms. The molecule has 1 fully saturated rings. The average molecular weight is 306 g/mol. The maximum atomic E-state index is 11.1. The lowest BCUT2D eigenvalue weighted by Gasteiger charge is -2.14. The van der Waals surface area contributed by atoms with Crippen molar-refractivity contribution in [1.29, 1.82) is 0 Å². The molecule has 3 N–H and O–H groups in total. The average Bonchev–Trinajstić information content (AvgIpc) is 3.03. The molecule has 3 heterocycles. The molecule has 1 aliphatic heterocycles. The van der Waals surface area contributed by atoms with Gasteiger partial charge in [-0.1, -0.05) is 0 Å². The molecule has 7 heteroatoms. The lowest BCUT2D eigenvalue weighted by molar-refractivity contribution is -0.128. The van der Waals surface area contributed by atoms with E-state index < -0.39 is 6.10 Å². The maximum absolute atomic E-state index is 11.1. The second-order valence-electron chi connectivity index (χ2n) is 5.33. The van der Waals surface area contributed by atoms with Gasteiger partial charge >= 0.3 is 0 Å². The van der Waals surface area contributed by atoms with E-state index in [2.05, 4.69) is 27.6 Å². The first kappa shape index (κ1) is 14.2. The molecule has 0 aliphatic carbocycles. The SMILES string of the molecule is Cc1nc(NC[C@H]2CC[C@@H](C(N)=O)O2)c2c(C)csc2n1. The monoisotopic (exact) mass is 306 g/mol. The van der Waals surface area contributed by atoms with E-state index >= 15 is 0 Å². The summed E-state index contributed by atoms with van der Waals surface area (Å²) in [5.74, 6) is 1.20. The second kappa shape index (κ2) is 5.57. The van der Waals surface area contributed by atoms with Crippen LogP contribution in [0.2, 0.25) is 0 Å². The summed E-state index contributed by atoms with van der Waals surface area (Å²) >= 11 is 1.62. The number of thiophene rings is 1. The van der Waals surface area contributed by atoms with Crippen molar-refractivity contribution in [3.8, 4) is 0 Å². The van der Waals surface area contributed by atoms with Gasteiger partial charge < -0.3 is 15.8 Å². The van der Waals surface area contributed by atoms with Gasteiger partial charge in [-0.05, 0) is 37.6 Å². The van der Waals surface area contributed by atoms with Crippen molar-refractivity contribution >= 4 is 33.3 Å². The summed E-state index contributed by atoms with van der Waals surface area (Å²) in [6.45, 7) is 4.55. The first-order chi connectivity index (χ1) is 10.0. The van der Waals surface area contributed by atoms with Crippen LogP contribution < -0.4 is 11.1 Å². The Kier molecular flexibility index (Phi) is 3.77. The summed E-state index contributed by atoms with van der Waals surface area (Å²) in [6, 6.07) is 0. The molecule has 0 radical (unpaired) electrons. The van der Waals surface area contributed by atoms with Gasteiger partial charge in [0.2, 0.25) is 5.91 Å². The molecule has 112 valence electrons. The van der Waals surface area contributed by atoms with E-state index in [1.807, 2.05) is 6.92 Å². The van der Waals surface area contributed by atoms with E-state index in [0.717, 1.165) is 28.3 Å². The van der Waals surface area contributed by atoms with Crippen molar-refractivity contribution in [1.82, 2.24) is 9.97 Å². The molecule has 2 aromatic heterocycles. The van der Waals surface area contributed by atoms with Crippen molar-refractivity contribution in [2.75, 3.05) is 11.9 Å². The van der Waals surface area contributed by atoms with Gasteiger partial charge in [0.1, 0.15) is 22.6 Å². The minimum absolute atomic E-state index is 0.00763. The minimum Gasteiger partial charge on any atom is -0.367 e. The highest BCUT2D eigenvalue weighted by molar-refractivity contribution is 7.17. The van der Waals surface area contributed by atoms with Crippen LogP contribution in [0, 0.1) is 13.8 Å². The summed E-state index contributed by atoms with van der Waals surface area (Å²) < 4.78 is 5.62. The lowest BCUT2D eigenvalue weighted by Crippen LogP contribution is -2.30. The zero-order valence-corrected chi connectivity index (χ0v) is 12.9. The van der Waals surface area contributed by atoms with Crippen molar-refractivity contribution in [3.63, 3.8) is 0 Å². The molecule has 2 atom stereocenters. The Hall–Kier alpha value is -1.73. The van der Waals surface area contributed by atoms with Crippen molar-refractivity contribution < 1.29 is 9.53 Å². The fraction of sp³-hybridized carbons (Fsp3) is 0.500. The zero-order valence-electron chi connectivity index (χ0n) is 12.0. The Morgan fingerprint density at radius 2 is 2.29 bits per heavy atom. The van der Waals surface area contributed by atoms with Gasteiger partial charge in [-0.15, -0.1) is 11.3 Å². The Bertz CT molecular complexity index is 685. The first-order valence-electron chi connectivity index (χ1n) is 6.95. The molecular formula is C14H18N4O2S. The van der Waals surface area contributed by atoms with Crippen LogP contribution in [-0.2, 0) is 9.53 Å². The number of nitrogens with zero attached hydrogens (tertiary/aromatic N) is 2. The standard InChI is InChI=1S/C14H18N4O2S/c1-7-6-21-14-11(7)13(17-8(2)18-14)16-5-9-3-4-10(20-9)12(15)19/h6,9-10H,3-5H2,1-2H3,(H2,15,19)(H,16,17,18)/t9-,10+/m1/s1. The van der Waals surface area contributed by atoms with Crippen LogP contribution in [-0.4, -0.2) is 34.6 Å². The number of aryl methyl sites for hydroxylation is 2. The first-order valence-corrected chi connectivity index (χ1v) is 7.83. The van der Waals surface area contributed by atoms with Crippen molar-refractivity contribution in [2.45, 2.75) is 38.9 Å². The second-order valence-corrected chi connectivity index (χ2v) is 6.18. The van der Waals surface area contributed by atoms with Gasteiger partial charge in [-0.25, -0.2) is 9.97 Å². The number of nitrogens with two attached hydrogens (primary N) is 1. The summed E-state index contributed by atoms with van der Waals surface area (Å²) in [4.78, 5) is 21.0. The molecule has 3 rings (SSSR count). The van der Waals surface area contributed by atoms with Gasteiger partial charge in [-0.2, -0.15) is 0 Å². The third-order valence-corrected chi connectivity index (χ3v) is 4.64. The Balaban J connectivity index is 1.74. The van der Waals surface area contributed by atoms with Crippen LogP contribution in [0.5, 0.6) is 0 Å². The number of aromatic nitrogens is 2. The van der Waals surface area contributed by atoms with Crippen LogP contribution in [0.4, 0.5) is 5.82 Å². The molecule has 0 spiro atoms. The van der Waals surface area contributed by atoms with Crippen LogP contribution in [0.3, 0.4) is 0 Å². The smallest absolute Gasteiger partial charge is 0.246 e. The molecule has 0 unspecified atom stereocenters. The van der Waals surface area contributed by atoms with Crippen LogP contribution in [0.25, 0.3) is 10.2 Å². The van der Waals surface area contributed by atoms with Crippen molar-refractivity contribution in [2.24, 2.45) is 5.73 Å². The third kappa shape index (κ3) is 2.84. The summed E-state index contributed by atoms with van der Waals surface area (Å²) in [5, 5.41) is 6.48. The van der Waals surface area contributed by atoms with Gasteiger partial charge in [-0.3, -0.25) is 4.79 Å². The number of hydrogen-bond acceptors (Lipinski definition) is 6.